The molecule has 1 N–H and O–H groups in total. The zero-order valence-corrected chi connectivity index (χ0v) is 30.7. The van der Waals surface area contributed by atoms with Gasteiger partial charge >= 0.3 is 11.9 Å². The largest absolute Gasteiger partial charge is 0.494 e. The molecule has 0 atom stereocenters. The summed E-state index contributed by atoms with van der Waals surface area (Å²) in [5.74, 6) is -33.4. The van der Waals surface area contributed by atoms with E-state index in [0.29, 0.717) is 30.7 Å². The molecule has 0 saturated heterocycles. The fourth-order valence-corrected chi connectivity index (χ4v) is 6.81. The molecule has 0 aliphatic carbocycles. The highest BCUT2D eigenvalue weighted by Crippen LogP contribution is 2.33. The molecule has 20 heteroatoms. The molecular weight excluding hydrogens is 818 g/mol. The van der Waals surface area contributed by atoms with Crippen LogP contribution in [0, 0.1) is 58.2 Å². The van der Waals surface area contributed by atoms with Crippen molar-refractivity contribution in [3.63, 3.8) is 0 Å². The Bertz CT molecular complexity index is 2380. The predicted octanol–water partition coefficient (Wildman–Crippen LogP) is 8.65. The summed E-state index contributed by atoms with van der Waals surface area (Å²) in [5.41, 5.74) is -0.975. The summed E-state index contributed by atoms with van der Waals surface area (Å²) < 4.78 is 182. The van der Waals surface area contributed by atoms with Gasteiger partial charge in [-0.3, -0.25) is 0 Å². The zero-order valence-electron chi connectivity index (χ0n) is 29.9. The average molecular weight is 847 g/mol. The number of hydrogen-bond acceptors (Lipinski definition) is 8. The standard InChI is InChI=1S/C38H28F10N2O7S/c1-50(2)23-11-7-10-22-21(23)9-8-12-24(22)58(53,54)49-13-5-3-4-6-14-55-20-16-18(37(51)56-35-31(45)27(41)25(39)28(42)32(35)46)15-19(17-20)38(52)57-36-33(47)29(43)26(40)30(44)34(36)48/h7-12,15-17,49H,3-6,13-14H2,1-2H3. The minimum Gasteiger partial charge on any atom is -0.494 e. The van der Waals surface area contributed by atoms with Crippen LogP contribution in [0.3, 0.4) is 0 Å². The third-order valence-corrected chi connectivity index (χ3v) is 9.89. The Kier molecular flexibility index (Phi) is 13.2. The van der Waals surface area contributed by atoms with E-state index in [0.717, 1.165) is 23.2 Å². The average Bonchev–Trinajstić information content (AvgIpc) is 3.21. The lowest BCUT2D eigenvalue weighted by atomic mass is 10.1. The van der Waals surface area contributed by atoms with Crippen molar-refractivity contribution < 1.29 is 76.1 Å². The highest BCUT2D eigenvalue weighted by molar-refractivity contribution is 7.89. The minimum absolute atomic E-state index is 0.0642. The van der Waals surface area contributed by atoms with E-state index in [9.17, 15) is 61.9 Å². The topological polar surface area (TPSA) is 111 Å². The van der Waals surface area contributed by atoms with Crippen molar-refractivity contribution in [2.45, 2.75) is 30.6 Å². The number of ether oxygens (including phenoxy) is 3. The maximum atomic E-state index is 14.2. The lowest BCUT2D eigenvalue weighted by Crippen LogP contribution is -2.25. The molecule has 0 saturated carbocycles. The molecule has 5 aromatic rings. The molecule has 0 aliphatic heterocycles. The van der Waals surface area contributed by atoms with E-state index in [4.69, 9.17) is 4.74 Å². The number of anilines is 1. The van der Waals surface area contributed by atoms with Crippen LogP contribution in [-0.2, 0) is 10.0 Å². The number of esters is 2. The Morgan fingerprint density at radius 2 is 1.03 bits per heavy atom. The summed E-state index contributed by atoms with van der Waals surface area (Å²) in [6.07, 6.45) is 1.49. The Morgan fingerprint density at radius 3 is 1.53 bits per heavy atom. The van der Waals surface area contributed by atoms with E-state index in [2.05, 4.69) is 14.2 Å². The van der Waals surface area contributed by atoms with Crippen molar-refractivity contribution in [2.24, 2.45) is 0 Å². The molecule has 0 fully saturated rings. The molecule has 0 aliphatic rings. The van der Waals surface area contributed by atoms with Gasteiger partial charge in [0.05, 0.1) is 22.6 Å². The smallest absolute Gasteiger partial charge is 0.343 e. The second-order valence-corrected chi connectivity index (χ2v) is 14.2. The lowest BCUT2D eigenvalue weighted by molar-refractivity contribution is 0.0714. The van der Waals surface area contributed by atoms with E-state index in [-0.39, 0.29) is 24.5 Å². The molecule has 0 spiro atoms. The lowest BCUT2D eigenvalue weighted by Gasteiger charge is -2.17. The summed E-state index contributed by atoms with van der Waals surface area (Å²) >= 11 is 0. The fourth-order valence-electron chi connectivity index (χ4n) is 5.51. The first-order valence-corrected chi connectivity index (χ1v) is 18.3. The van der Waals surface area contributed by atoms with Gasteiger partial charge in [-0.15, -0.1) is 0 Å². The van der Waals surface area contributed by atoms with Crippen molar-refractivity contribution in [1.29, 1.82) is 0 Å². The van der Waals surface area contributed by atoms with Crippen molar-refractivity contribution in [2.75, 3.05) is 32.1 Å². The number of unbranched alkanes of at least 4 members (excludes halogenated alkanes) is 3. The number of rotatable bonds is 15. The number of carbonyl (C=O) groups excluding carboxylic acids is 2. The monoisotopic (exact) mass is 846 g/mol. The maximum absolute atomic E-state index is 14.2. The molecule has 5 rings (SSSR count). The Hall–Kier alpha value is -5.89. The molecule has 0 bridgehead atoms. The third-order valence-electron chi connectivity index (χ3n) is 8.37. The van der Waals surface area contributed by atoms with E-state index in [1.165, 1.54) is 6.07 Å². The van der Waals surface area contributed by atoms with Crippen LogP contribution in [0.2, 0.25) is 0 Å². The number of benzene rings is 5. The van der Waals surface area contributed by atoms with Crippen LogP contribution < -0.4 is 23.8 Å². The Morgan fingerprint density at radius 1 is 0.586 bits per heavy atom. The van der Waals surface area contributed by atoms with E-state index < -0.39 is 109 Å². The number of carbonyl (C=O) groups is 2. The first-order valence-electron chi connectivity index (χ1n) is 16.8. The number of sulfonamides is 1. The van der Waals surface area contributed by atoms with Crippen molar-refractivity contribution in [3.8, 4) is 17.2 Å². The van der Waals surface area contributed by atoms with Gasteiger partial charge < -0.3 is 19.1 Å². The summed E-state index contributed by atoms with van der Waals surface area (Å²) in [5, 5.41) is 1.27. The van der Waals surface area contributed by atoms with E-state index in [1.807, 2.05) is 31.1 Å². The molecular formula is C38H28F10N2O7S. The summed E-state index contributed by atoms with van der Waals surface area (Å²) in [7, 11) is -0.246. The van der Waals surface area contributed by atoms with Crippen LogP contribution >= 0.6 is 0 Å². The second kappa shape index (κ2) is 17.7. The van der Waals surface area contributed by atoms with Gasteiger partial charge in [0, 0.05) is 37.1 Å². The highest BCUT2D eigenvalue weighted by Gasteiger charge is 2.31. The number of hydrogen-bond donors (Lipinski definition) is 1. The predicted molar refractivity (Wildman–Crippen MR) is 186 cm³/mol. The van der Waals surface area contributed by atoms with Gasteiger partial charge in [0.2, 0.25) is 79.7 Å². The molecule has 0 amide bonds. The summed E-state index contributed by atoms with van der Waals surface area (Å²) in [6, 6.07) is 12.2. The van der Waals surface area contributed by atoms with Crippen LogP contribution in [0.5, 0.6) is 17.2 Å². The molecule has 0 unspecified atom stereocenters. The maximum Gasteiger partial charge on any atom is 0.343 e. The van der Waals surface area contributed by atoms with Crippen LogP contribution in [0.15, 0.2) is 59.5 Å². The SMILES string of the molecule is CN(C)c1cccc2c(S(=O)(=O)NCCCCCCOc3cc(C(=O)Oc4c(F)c(F)c(F)c(F)c4F)cc(C(=O)Oc4c(F)c(F)c(F)c(F)c4F)c3)cccc12. The molecule has 5 aromatic carbocycles. The fraction of sp³-hybridized carbons (Fsp3) is 0.211. The molecule has 0 heterocycles. The van der Waals surface area contributed by atoms with Gasteiger partial charge in [0.1, 0.15) is 5.75 Å². The first kappa shape index (κ1) is 43.2. The molecule has 58 heavy (non-hydrogen) atoms. The van der Waals surface area contributed by atoms with Gasteiger partial charge in [-0.2, -0.15) is 17.6 Å². The van der Waals surface area contributed by atoms with Crippen molar-refractivity contribution >= 4 is 38.4 Å². The molecule has 0 radical (unpaired) electrons. The quantitative estimate of drug-likeness (QED) is 0.0279. The van der Waals surface area contributed by atoms with Gasteiger partial charge in [0.15, 0.2) is 0 Å². The Balaban J connectivity index is 1.27. The first-order chi connectivity index (χ1) is 27.3. The van der Waals surface area contributed by atoms with Gasteiger partial charge in [-0.25, -0.2) is 49.1 Å². The number of nitrogens with one attached hydrogen (secondary N) is 1. The number of nitrogens with zero attached hydrogens (tertiary/aromatic N) is 1. The highest BCUT2D eigenvalue weighted by atomic mass is 32.2. The third kappa shape index (κ3) is 8.96. The van der Waals surface area contributed by atoms with Gasteiger partial charge in [-0.1, -0.05) is 37.1 Å². The summed E-state index contributed by atoms with van der Waals surface area (Å²) in [6.45, 7) is -0.132. The minimum atomic E-state index is -3.91. The molecule has 0 aromatic heterocycles. The molecule has 308 valence electrons. The Labute approximate surface area is 322 Å². The second-order valence-electron chi connectivity index (χ2n) is 12.5. The van der Waals surface area contributed by atoms with Crippen molar-refractivity contribution in [3.05, 3.63) is 124 Å². The number of fused-ring (bicyclic) bond motifs is 1. The normalized spacial score (nSPS) is 11.5. The van der Waals surface area contributed by atoms with Crippen molar-refractivity contribution in [1.82, 2.24) is 4.72 Å². The number of halogens is 10. The van der Waals surface area contributed by atoms with Crippen LogP contribution in [0.1, 0.15) is 46.4 Å². The van der Waals surface area contributed by atoms with Gasteiger partial charge in [0.25, 0.3) is 0 Å². The van der Waals surface area contributed by atoms with Gasteiger partial charge in [-0.05, 0) is 43.2 Å². The van der Waals surface area contributed by atoms with Crippen LogP contribution in [0.4, 0.5) is 49.6 Å². The summed E-state index contributed by atoms with van der Waals surface area (Å²) in [4.78, 5) is 27.7. The molecule has 9 nitrogen and oxygen atoms in total. The zero-order chi connectivity index (χ0) is 42.6. The van der Waals surface area contributed by atoms with Crippen LogP contribution in [0.25, 0.3) is 10.8 Å². The van der Waals surface area contributed by atoms with E-state index >= 15 is 0 Å². The van der Waals surface area contributed by atoms with E-state index in [1.54, 1.807) is 18.2 Å². The van der Waals surface area contributed by atoms with Crippen LogP contribution in [-0.4, -0.2) is 47.6 Å².